The summed E-state index contributed by atoms with van der Waals surface area (Å²) in [7, 11) is 0. The summed E-state index contributed by atoms with van der Waals surface area (Å²) < 4.78 is 0. The lowest BCUT2D eigenvalue weighted by molar-refractivity contribution is 0.276. The highest BCUT2D eigenvalue weighted by Crippen LogP contribution is 2.35. The van der Waals surface area contributed by atoms with Crippen molar-refractivity contribution >= 4 is 29.2 Å². The molecule has 1 heterocycles. The van der Waals surface area contributed by atoms with Crippen LogP contribution in [0, 0.1) is 18.3 Å². The lowest BCUT2D eigenvalue weighted by Gasteiger charge is -2.09. The van der Waals surface area contributed by atoms with Gasteiger partial charge in [-0.05, 0) is 19.1 Å². The van der Waals surface area contributed by atoms with E-state index >= 15 is 0 Å². The molecule has 7 heteroatoms. The van der Waals surface area contributed by atoms with Gasteiger partial charge in [-0.25, -0.2) is 9.97 Å². The smallest absolute Gasteiger partial charge is 0.147 e. The molecule has 0 unspecified atom stereocenters. The second kappa shape index (κ2) is 6.09. The molecule has 102 valence electrons. The zero-order valence-corrected chi connectivity index (χ0v) is 12.2. The van der Waals surface area contributed by atoms with Crippen molar-refractivity contribution in [2.75, 3.05) is 5.73 Å². The maximum absolute atomic E-state index is 9.18. The molecule has 0 saturated carbocycles. The van der Waals surface area contributed by atoms with Crippen LogP contribution in [0.5, 0.6) is 0 Å². The van der Waals surface area contributed by atoms with Crippen LogP contribution in [0.1, 0.15) is 17.0 Å². The van der Waals surface area contributed by atoms with E-state index in [1.807, 2.05) is 6.07 Å². The Balaban J connectivity index is 2.43. The van der Waals surface area contributed by atoms with Gasteiger partial charge in [0, 0.05) is 4.90 Å². The van der Waals surface area contributed by atoms with Crippen molar-refractivity contribution < 1.29 is 5.11 Å². The summed E-state index contributed by atoms with van der Waals surface area (Å²) >= 11 is 7.44. The molecule has 0 radical (unpaired) electrons. The molecule has 5 nitrogen and oxygen atoms in total. The Hall–Kier alpha value is -1.81. The van der Waals surface area contributed by atoms with E-state index in [-0.39, 0.29) is 12.4 Å². The number of rotatable bonds is 3. The molecule has 3 N–H and O–H groups in total. The lowest BCUT2D eigenvalue weighted by Crippen LogP contribution is -2.04. The first-order valence-electron chi connectivity index (χ1n) is 5.67. The maximum Gasteiger partial charge on any atom is 0.147 e. The summed E-state index contributed by atoms with van der Waals surface area (Å²) in [5, 5.41) is 19.1. The minimum atomic E-state index is -0.279. The fourth-order valence-electron chi connectivity index (χ4n) is 1.55. The van der Waals surface area contributed by atoms with E-state index in [4.69, 9.17) is 22.6 Å². The largest absolute Gasteiger partial charge is 0.390 e. The van der Waals surface area contributed by atoms with Gasteiger partial charge in [0.05, 0.1) is 22.9 Å². The van der Waals surface area contributed by atoms with Crippen LogP contribution < -0.4 is 5.73 Å². The third-order valence-corrected chi connectivity index (χ3v) is 4.23. The maximum atomic E-state index is 9.18. The fourth-order valence-corrected chi connectivity index (χ4v) is 2.73. The second-order valence-corrected chi connectivity index (χ2v) is 5.34. The topological polar surface area (TPSA) is 95.8 Å². The molecule has 0 saturated heterocycles. The normalized spacial score (nSPS) is 10.3. The molecule has 0 aliphatic rings. The molecular formula is C13H11ClN4OS. The number of hydrogen-bond acceptors (Lipinski definition) is 6. The zero-order chi connectivity index (χ0) is 14.7. The third kappa shape index (κ3) is 2.85. The minimum Gasteiger partial charge on any atom is -0.390 e. The van der Waals surface area contributed by atoms with Gasteiger partial charge >= 0.3 is 0 Å². The highest BCUT2D eigenvalue weighted by Gasteiger charge is 2.13. The Morgan fingerprint density at radius 2 is 2.20 bits per heavy atom. The second-order valence-electron chi connectivity index (χ2n) is 3.94. The molecule has 2 aromatic rings. The summed E-state index contributed by atoms with van der Waals surface area (Å²) in [5.41, 5.74) is 7.03. The van der Waals surface area contributed by atoms with E-state index in [1.165, 1.54) is 11.8 Å². The molecule has 2 rings (SSSR count). The van der Waals surface area contributed by atoms with Crippen molar-refractivity contribution in [2.24, 2.45) is 0 Å². The van der Waals surface area contributed by atoms with Gasteiger partial charge in [0.1, 0.15) is 22.6 Å². The summed E-state index contributed by atoms with van der Waals surface area (Å²) in [6, 6.07) is 7.22. The van der Waals surface area contributed by atoms with Crippen LogP contribution in [-0.2, 0) is 6.61 Å². The molecule has 0 aliphatic carbocycles. The van der Waals surface area contributed by atoms with Crippen molar-refractivity contribution in [3.63, 3.8) is 0 Å². The highest BCUT2D eigenvalue weighted by atomic mass is 35.5. The van der Waals surface area contributed by atoms with Crippen LogP contribution in [0.4, 0.5) is 5.82 Å². The Kier molecular flexibility index (Phi) is 4.45. The number of aliphatic hydroxyl groups excluding tert-OH is 1. The van der Waals surface area contributed by atoms with Gasteiger partial charge in [-0.3, -0.25) is 0 Å². The predicted molar refractivity (Wildman–Crippen MR) is 77.4 cm³/mol. The van der Waals surface area contributed by atoms with Crippen molar-refractivity contribution in [1.29, 1.82) is 5.26 Å². The zero-order valence-electron chi connectivity index (χ0n) is 10.6. The van der Waals surface area contributed by atoms with Crippen molar-refractivity contribution in [3.8, 4) is 6.07 Å². The number of hydrogen-bond donors (Lipinski definition) is 2. The van der Waals surface area contributed by atoms with Gasteiger partial charge in [-0.2, -0.15) is 5.26 Å². The number of aryl methyl sites for hydroxylation is 1. The van der Waals surface area contributed by atoms with Crippen LogP contribution in [-0.4, -0.2) is 15.1 Å². The van der Waals surface area contributed by atoms with Crippen molar-refractivity contribution in [1.82, 2.24) is 9.97 Å². The van der Waals surface area contributed by atoms with Gasteiger partial charge < -0.3 is 10.8 Å². The molecular weight excluding hydrogens is 296 g/mol. The average molecular weight is 307 g/mol. The minimum absolute atomic E-state index is 0.214. The van der Waals surface area contributed by atoms with Crippen LogP contribution in [0.15, 0.2) is 28.1 Å². The lowest BCUT2D eigenvalue weighted by atomic mass is 10.2. The Labute approximate surface area is 125 Å². The van der Waals surface area contributed by atoms with E-state index in [0.717, 1.165) is 0 Å². The number of aromatic nitrogens is 2. The Bertz CT molecular complexity index is 700. The molecule has 1 aromatic heterocycles. The van der Waals surface area contributed by atoms with Crippen LogP contribution in [0.25, 0.3) is 0 Å². The first kappa shape index (κ1) is 14.6. The molecule has 0 atom stereocenters. The molecule has 1 aromatic carbocycles. The van der Waals surface area contributed by atoms with E-state index in [2.05, 4.69) is 9.97 Å². The number of benzene rings is 1. The van der Waals surface area contributed by atoms with E-state index in [0.29, 0.717) is 31.9 Å². The number of halogens is 1. The Morgan fingerprint density at radius 1 is 1.45 bits per heavy atom. The predicted octanol–water partition coefficient (Wildman–Crippen LogP) is 2.54. The SMILES string of the molecule is Cc1nc(N)c(CO)nc1Sc1cccc(C#N)c1Cl. The van der Waals surface area contributed by atoms with Gasteiger partial charge in [0.2, 0.25) is 0 Å². The number of anilines is 1. The molecule has 0 aliphatic heterocycles. The number of nitriles is 1. The highest BCUT2D eigenvalue weighted by molar-refractivity contribution is 7.99. The van der Waals surface area contributed by atoms with Crippen molar-refractivity contribution in [2.45, 2.75) is 23.5 Å². The monoisotopic (exact) mass is 306 g/mol. The van der Waals surface area contributed by atoms with Crippen LogP contribution in [0.3, 0.4) is 0 Å². The summed E-state index contributed by atoms with van der Waals surface area (Å²) in [6.07, 6.45) is 0. The fraction of sp³-hybridized carbons (Fsp3) is 0.154. The number of nitrogens with two attached hydrogens (primary N) is 1. The first-order valence-corrected chi connectivity index (χ1v) is 6.86. The molecule has 0 bridgehead atoms. The third-order valence-electron chi connectivity index (χ3n) is 2.57. The van der Waals surface area contributed by atoms with E-state index in [9.17, 15) is 5.11 Å². The standard InChI is InChI=1S/C13H11ClN4OS/c1-7-13(18-9(6-19)12(16)17-7)20-10-4-2-3-8(5-15)11(10)14/h2-4,19H,6H2,1H3,(H2,16,17). The average Bonchev–Trinajstić information content (AvgIpc) is 2.43. The summed E-state index contributed by atoms with van der Waals surface area (Å²) in [5.74, 6) is 0.214. The van der Waals surface area contributed by atoms with Gasteiger partial charge in [-0.15, -0.1) is 0 Å². The number of nitrogen functional groups attached to an aromatic ring is 1. The van der Waals surface area contributed by atoms with Crippen LogP contribution in [0.2, 0.25) is 5.02 Å². The molecule has 0 amide bonds. The number of nitrogens with zero attached hydrogens (tertiary/aromatic N) is 3. The number of aliphatic hydroxyl groups is 1. The summed E-state index contributed by atoms with van der Waals surface area (Å²) in [4.78, 5) is 9.11. The van der Waals surface area contributed by atoms with Crippen LogP contribution >= 0.6 is 23.4 Å². The van der Waals surface area contributed by atoms with Gasteiger partial charge in [0.15, 0.2) is 0 Å². The Morgan fingerprint density at radius 3 is 2.85 bits per heavy atom. The van der Waals surface area contributed by atoms with Gasteiger partial charge in [0.25, 0.3) is 0 Å². The van der Waals surface area contributed by atoms with E-state index < -0.39 is 0 Å². The molecule has 0 spiro atoms. The first-order chi connectivity index (χ1) is 9.56. The summed E-state index contributed by atoms with van der Waals surface area (Å²) in [6.45, 7) is 1.49. The quantitative estimate of drug-likeness (QED) is 0.904. The van der Waals surface area contributed by atoms with E-state index in [1.54, 1.807) is 25.1 Å². The molecule has 20 heavy (non-hydrogen) atoms. The molecule has 0 fully saturated rings. The van der Waals surface area contributed by atoms with Crippen molar-refractivity contribution in [3.05, 3.63) is 40.2 Å². The van der Waals surface area contributed by atoms with Gasteiger partial charge in [-0.1, -0.05) is 29.4 Å².